The Bertz CT molecular complexity index is 1040. The van der Waals surface area contributed by atoms with Crippen molar-refractivity contribution in [3.63, 3.8) is 0 Å². The van der Waals surface area contributed by atoms with Gasteiger partial charge in [0.05, 0.1) is 28.7 Å². The highest BCUT2D eigenvalue weighted by Crippen LogP contribution is 2.33. The molecule has 0 bridgehead atoms. The van der Waals surface area contributed by atoms with Crippen LogP contribution in [0, 0.1) is 0 Å². The molecule has 148 valence electrons. The Labute approximate surface area is 172 Å². The highest BCUT2D eigenvalue weighted by atomic mass is 32.1. The number of benzene rings is 2. The average molecular weight is 407 g/mol. The fourth-order valence-electron chi connectivity index (χ4n) is 3.99. The number of hydrogen-bond acceptors (Lipinski definition) is 6. The molecule has 6 nitrogen and oxygen atoms in total. The molecule has 1 atom stereocenters. The number of hydrogen-bond donors (Lipinski definition) is 0. The second-order valence-electron chi connectivity index (χ2n) is 7.42. The molecule has 0 N–H and O–H groups in total. The molecule has 2 aromatic carbocycles. The zero-order valence-corrected chi connectivity index (χ0v) is 16.7. The lowest BCUT2D eigenvalue weighted by molar-refractivity contribution is -0.135. The van der Waals surface area contributed by atoms with Crippen molar-refractivity contribution in [3.8, 4) is 0 Å². The number of carbonyl (C=O) groups excluding carboxylic acids is 2. The Kier molecular flexibility index (Phi) is 4.77. The van der Waals surface area contributed by atoms with Gasteiger partial charge >= 0.3 is 5.97 Å². The summed E-state index contributed by atoms with van der Waals surface area (Å²) in [4.78, 5) is 33.6. The highest BCUT2D eigenvalue weighted by molar-refractivity contribution is 7.18. The predicted molar refractivity (Wildman–Crippen MR) is 111 cm³/mol. The van der Waals surface area contributed by atoms with Gasteiger partial charge < -0.3 is 9.64 Å². The fraction of sp³-hybridized carbons (Fsp3) is 0.318. The van der Waals surface area contributed by atoms with Gasteiger partial charge in [0.25, 0.3) is 0 Å². The van der Waals surface area contributed by atoms with E-state index in [4.69, 9.17) is 9.72 Å². The normalized spacial score (nSPS) is 19.4. The first-order valence-electron chi connectivity index (χ1n) is 9.82. The van der Waals surface area contributed by atoms with Crippen molar-refractivity contribution in [2.45, 2.75) is 19.1 Å². The highest BCUT2D eigenvalue weighted by Gasteiger charge is 2.33. The molecule has 1 amide bonds. The lowest BCUT2D eigenvalue weighted by Crippen LogP contribution is -2.48. The van der Waals surface area contributed by atoms with Gasteiger partial charge in [0.15, 0.2) is 0 Å². The molecule has 3 aromatic rings. The second kappa shape index (κ2) is 7.57. The molecule has 7 heteroatoms. The number of carbonyl (C=O) groups is 2. The van der Waals surface area contributed by atoms with Gasteiger partial charge in [-0.15, -0.1) is 11.3 Å². The van der Waals surface area contributed by atoms with Crippen molar-refractivity contribution >= 4 is 33.4 Å². The topological polar surface area (TPSA) is 62.7 Å². The third kappa shape index (κ3) is 3.63. The first kappa shape index (κ1) is 18.3. The van der Waals surface area contributed by atoms with E-state index in [1.807, 2.05) is 41.3 Å². The van der Waals surface area contributed by atoms with E-state index in [2.05, 4.69) is 11.0 Å². The van der Waals surface area contributed by atoms with Crippen molar-refractivity contribution in [3.05, 3.63) is 64.7 Å². The van der Waals surface area contributed by atoms with Crippen LogP contribution in [-0.4, -0.2) is 52.8 Å². The van der Waals surface area contributed by atoms with Crippen molar-refractivity contribution in [1.29, 1.82) is 0 Å². The molecule has 3 heterocycles. The number of amides is 1. The zero-order valence-electron chi connectivity index (χ0n) is 15.9. The minimum absolute atomic E-state index is 0.0409. The van der Waals surface area contributed by atoms with E-state index in [1.165, 1.54) is 4.70 Å². The number of para-hydroxylation sites is 1. The van der Waals surface area contributed by atoms with Crippen LogP contribution in [0.4, 0.5) is 0 Å². The van der Waals surface area contributed by atoms with Crippen LogP contribution in [0.3, 0.4) is 0 Å². The molecule has 29 heavy (non-hydrogen) atoms. The Morgan fingerprint density at radius 2 is 1.83 bits per heavy atom. The number of cyclic esters (lactones) is 1. The van der Waals surface area contributed by atoms with Gasteiger partial charge in [-0.2, -0.15) is 0 Å². The number of thiazole rings is 1. The van der Waals surface area contributed by atoms with Gasteiger partial charge in [-0.3, -0.25) is 9.69 Å². The summed E-state index contributed by atoms with van der Waals surface area (Å²) in [6, 6.07) is 15.5. The number of nitrogens with zero attached hydrogens (tertiary/aromatic N) is 3. The number of rotatable bonds is 4. The van der Waals surface area contributed by atoms with Crippen LogP contribution in [0.1, 0.15) is 33.5 Å². The van der Waals surface area contributed by atoms with Crippen LogP contribution >= 0.6 is 11.3 Å². The van der Waals surface area contributed by atoms with Crippen LogP contribution in [0.5, 0.6) is 0 Å². The average Bonchev–Trinajstić information content (AvgIpc) is 3.29. The van der Waals surface area contributed by atoms with E-state index in [1.54, 1.807) is 17.4 Å². The maximum Gasteiger partial charge on any atom is 0.339 e. The number of piperazine rings is 1. The van der Waals surface area contributed by atoms with Crippen molar-refractivity contribution < 1.29 is 14.3 Å². The lowest BCUT2D eigenvalue weighted by Gasteiger charge is -2.34. The van der Waals surface area contributed by atoms with Crippen molar-refractivity contribution in [2.24, 2.45) is 0 Å². The van der Waals surface area contributed by atoms with Gasteiger partial charge in [0, 0.05) is 31.7 Å². The molecule has 5 rings (SSSR count). The molecule has 2 aliphatic rings. The molecule has 0 saturated carbocycles. The number of aromatic nitrogens is 1. The van der Waals surface area contributed by atoms with Gasteiger partial charge in [0.1, 0.15) is 11.1 Å². The Balaban J connectivity index is 1.17. The molecular weight excluding hydrogens is 386 g/mol. The SMILES string of the molecule is O=C1O[C@H](CC(=O)N2CCN(Cc3nc4ccccc4s3)CC2)c2ccccc21. The van der Waals surface area contributed by atoms with E-state index >= 15 is 0 Å². The van der Waals surface area contributed by atoms with Gasteiger partial charge in [0.2, 0.25) is 5.91 Å². The summed E-state index contributed by atoms with van der Waals surface area (Å²) >= 11 is 1.73. The summed E-state index contributed by atoms with van der Waals surface area (Å²) in [7, 11) is 0. The largest absolute Gasteiger partial charge is 0.453 e. The maximum absolute atomic E-state index is 12.8. The van der Waals surface area contributed by atoms with Gasteiger partial charge in [-0.25, -0.2) is 9.78 Å². The Morgan fingerprint density at radius 3 is 2.66 bits per heavy atom. The molecule has 0 spiro atoms. The van der Waals surface area contributed by atoms with Crippen LogP contribution in [0.2, 0.25) is 0 Å². The van der Waals surface area contributed by atoms with E-state index in [-0.39, 0.29) is 18.3 Å². The first-order chi connectivity index (χ1) is 14.2. The van der Waals surface area contributed by atoms with Gasteiger partial charge in [-0.1, -0.05) is 30.3 Å². The summed E-state index contributed by atoms with van der Waals surface area (Å²) in [6.07, 6.45) is -0.257. The molecule has 0 unspecified atom stereocenters. The molecule has 1 saturated heterocycles. The van der Waals surface area contributed by atoms with Crippen LogP contribution in [0.25, 0.3) is 10.2 Å². The van der Waals surface area contributed by atoms with E-state index in [0.29, 0.717) is 18.7 Å². The smallest absolute Gasteiger partial charge is 0.339 e. The monoisotopic (exact) mass is 407 g/mol. The molecule has 1 fully saturated rings. The van der Waals surface area contributed by atoms with Crippen LogP contribution in [0.15, 0.2) is 48.5 Å². The first-order valence-corrected chi connectivity index (χ1v) is 10.6. The molecule has 0 radical (unpaired) electrons. The zero-order chi connectivity index (χ0) is 19.8. The molecule has 1 aromatic heterocycles. The second-order valence-corrected chi connectivity index (χ2v) is 8.53. The predicted octanol–water partition coefficient (Wildman–Crippen LogP) is 3.24. The van der Waals surface area contributed by atoms with Crippen LogP contribution < -0.4 is 0 Å². The summed E-state index contributed by atoms with van der Waals surface area (Å²) in [5.74, 6) is -0.293. The summed E-state index contributed by atoms with van der Waals surface area (Å²) in [5, 5.41) is 1.11. The van der Waals surface area contributed by atoms with E-state index < -0.39 is 6.10 Å². The third-order valence-electron chi connectivity index (χ3n) is 5.56. The maximum atomic E-state index is 12.8. The Hall–Kier alpha value is -2.77. The quantitative estimate of drug-likeness (QED) is 0.622. The number of esters is 1. The Morgan fingerprint density at radius 1 is 1.07 bits per heavy atom. The van der Waals surface area contributed by atoms with Crippen LogP contribution in [-0.2, 0) is 16.1 Å². The molecule has 2 aliphatic heterocycles. The summed E-state index contributed by atoms with van der Waals surface area (Å²) in [6.45, 7) is 3.83. The van der Waals surface area contributed by atoms with E-state index in [9.17, 15) is 9.59 Å². The van der Waals surface area contributed by atoms with Gasteiger partial charge in [-0.05, 0) is 18.2 Å². The number of ether oxygens (including phenoxy) is 1. The molecule has 0 aliphatic carbocycles. The minimum atomic E-state index is -0.466. The fourth-order valence-corrected chi connectivity index (χ4v) is 5.00. The third-order valence-corrected chi connectivity index (χ3v) is 6.58. The lowest BCUT2D eigenvalue weighted by atomic mass is 10.0. The minimum Gasteiger partial charge on any atom is -0.453 e. The molecular formula is C22H21N3O3S. The summed E-state index contributed by atoms with van der Waals surface area (Å²) in [5.41, 5.74) is 2.44. The van der Waals surface area contributed by atoms with Crippen molar-refractivity contribution in [2.75, 3.05) is 26.2 Å². The standard InChI is InChI=1S/C22H21N3O3S/c26-21(13-18-15-5-1-2-6-16(15)22(27)28-18)25-11-9-24(10-12-25)14-20-23-17-7-3-4-8-19(17)29-20/h1-8,18H,9-14H2/t18-/m1/s1. The van der Waals surface area contributed by atoms with Crippen molar-refractivity contribution in [1.82, 2.24) is 14.8 Å². The summed E-state index contributed by atoms with van der Waals surface area (Å²) < 4.78 is 6.63. The van der Waals surface area contributed by atoms with E-state index in [0.717, 1.165) is 35.7 Å². The number of fused-ring (bicyclic) bond motifs is 2.